The molecule has 2 aromatic rings. The van der Waals surface area contributed by atoms with Crippen LogP contribution in [0.1, 0.15) is 11.6 Å². The van der Waals surface area contributed by atoms with Crippen LogP contribution in [-0.2, 0) is 0 Å². The zero-order valence-corrected chi connectivity index (χ0v) is 9.52. The summed E-state index contributed by atoms with van der Waals surface area (Å²) in [5.41, 5.74) is 2.13. The summed E-state index contributed by atoms with van der Waals surface area (Å²) in [5.74, 6) is -0.206. The summed E-state index contributed by atoms with van der Waals surface area (Å²) in [7, 11) is 0. The number of hydrogen-bond acceptors (Lipinski definition) is 3. The molecule has 1 saturated heterocycles. The van der Waals surface area contributed by atoms with E-state index in [2.05, 4.69) is 15.6 Å². The summed E-state index contributed by atoms with van der Waals surface area (Å²) in [6.07, 6.45) is 1.87. The zero-order valence-electron chi connectivity index (χ0n) is 9.52. The van der Waals surface area contributed by atoms with Gasteiger partial charge in [-0.1, -0.05) is 17.3 Å². The summed E-state index contributed by atoms with van der Waals surface area (Å²) in [5, 5.41) is 11.3. The highest BCUT2D eigenvalue weighted by Gasteiger charge is 2.20. The van der Waals surface area contributed by atoms with Crippen LogP contribution in [0.25, 0.3) is 11.3 Å². The fraction of sp³-hybridized carbons (Fsp3) is 0.333. The molecule has 0 aliphatic carbocycles. The topological polar surface area (TPSA) is 42.7 Å². The molecule has 5 heteroatoms. The van der Waals surface area contributed by atoms with Crippen molar-refractivity contribution in [3.05, 3.63) is 35.8 Å². The Labute approximate surface area is 98.5 Å². The third-order valence-electron chi connectivity index (χ3n) is 3.11. The van der Waals surface area contributed by atoms with Gasteiger partial charge in [0.25, 0.3) is 0 Å². The maximum absolute atomic E-state index is 13.4. The van der Waals surface area contributed by atoms with Gasteiger partial charge in [-0.15, -0.1) is 5.10 Å². The number of nitrogens with one attached hydrogen (secondary N) is 1. The highest BCUT2D eigenvalue weighted by atomic mass is 19.1. The average Bonchev–Trinajstić information content (AvgIpc) is 2.69. The van der Waals surface area contributed by atoms with Crippen LogP contribution in [0.2, 0.25) is 0 Å². The zero-order chi connectivity index (χ0) is 11.8. The minimum Gasteiger partial charge on any atom is -0.312 e. The lowest BCUT2D eigenvalue weighted by atomic mass is 10.1. The lowest BCUT2D eigenvalue weighted by molar-refractivity contribution is 0.313. The lowest BCUT2D eigenvalue weighted by Gasteiger charge is -2.26. The van der Waals surface area contributed by atoms with Crippen molar-refractivity contribution in [1.82, 2.24) is 20.3 Å². The van der Waals surface area contributed by atoms with Crippen LogP contribution in [0, 0.1) is 12.7 Å². The van der Waals surface area contributed by atoms with E-state index in [1.54, 1.807) is 13.0 Å². The highest BCUT2D eigenvalue weighted by molar-refractivity contribution is 5.58. The smallest absolute Gasteiger partial charge is 0.126 e. The average molecular weight is 232 g/mol. The summed E-state index contributed by atoms with van der Waals surface area (Å²) in [6, 6.07) is 5.51. The number of hydrogen-bond donors (Lipinski definition) is 1. The Hall–Kier alpha value is -1.75. The maximum Gasteiger partial charge on any atom is 0.126 e. The number of nitrogens with zero attached hydrogens (tertiary/aromatic N) is 3. The predicted molar refractivity (Wildman–Crippen MR) is 62.1 cm³/mol. The standard InChI is InChI=1S/C12H13FN4/c1-8-2-3-9(4-11(8)13)12-7-17(16-15-12)10-5-14-6-10/h2-4,7,10,14H,5-6H2,1H3. The Balaban J connectivity index is 1.92. The molecule has 0 unspecified atom stereocenters. The van der Waals surface area contributed by atoms with Crippen molar-refractivity contribution in [3.63, 3.8) is 0 Å². The maximum atomic E-state index is 13.4. The Kier molecular flexibility index (Phi) is 2.40. The number of rotatable bonds is 2. The van der Waals surface area contributed by atoms with E-state index >= 15 is 0 Å². The van der Waals surface area contributed by atoms with Gasteiger partial charge >= 0.3 is 0 Å². The van der Waals surface area contributed by atoms with Crippen LogP contribution >= 0.6 is 0 Å². The second kappa shape index (κ2) is 3.92. The van der Waals surface area contributed by atoms with Crippen molar-refractivity contribution in [2.24, 2.45) is 0 Å². The van der Waals surface area contributed by atoms with Crippen LogP contribution in [-0.4, -0.2) is 28.1 Å². The van der Waals surface area contributed by atoms with E-state index in [4.69, 9.17) is 0 Å². The Morgan fingerprint density at radius 1 is 1.41 bits per heavy atom. The normalized spacial score (nSPS) is 15.9. The first-order chi connectivity index (χ1) is 8.24. The van der Waals surface area contributed by atoms with E-state index in [1.165, 1.54) is 6.07 Å². The van der Waals surface area contributed by atoms with Crippen molar-refractivity contribution in [1.29, 1.82) is 0 Å². The van der Waals surface area contributed by atoms with Gasteiger partial charge in [0.15, 0.2) is 0 Å². The molecule has 0 radical (unpaired) electrons. The fourth-order valence-electron chi connectivity index (χ4n) is 1.80. The molecule has 1 aromatic carbocycles. The first kappa shape index (κ1) is 10.4. The minimum atomic E-state index is -0.206. The van der Waals surface area contributed by atoms with Crippen LogP contribution < -0.4 is 5.32 Å². The second-order valence-corrected chi connectivity index (χ2v) is 4.36. The first-order valence-electron chi connectivity index (χ1n) is 5.63. The Bertz CT molecular complexity index is 545. The van der Waals surface area contributed by atoms with Crippen LogP contribution in [0.4, 0.5) is 4.39 Å². The molecule has 1 aliphatic heterocycles. The number of benzene rings is 1. The van der Waals surface area contributed by atoms with Crippen molar-refractivity contribution >= 4 is 0 Å². The molecule has 0 bridgehead atoms. The van der Waals surface area contributed by atoms with Gasteiger partial charge in [-0.25, -0.2) is 9.07 Å². The Morgan fingerprint density at radius 3 is 2.88 bits per heavy atom. The summed E-state index contributed by atoms with van der Waals surface area (Å²) >= 11 is 0. The molecule has 2 heterocycles. The molecule has 0 spiro atoms. The molecular formula is C12H13FN4. The molecule has 0 amide bonds. The van der Waals surface area contributed by atoms with Gasteiger partial charge in [0.1, 0.15) is 11.5 Å². The molecular weight excluding hydrogens is 219 g/mol. The highest BCUT2D eigenvalue weighted by Crippen LogP contribution is 2.21. The van der Waals surface area contributed by atoms with Crippen molar-refractivity contribution in [2.75, 3.05) is 13.1 Å². The van der Waals surface area contributed by atoms with E-state index in [0.29, 0.717) is 11.6 Å². The van der Waals surface area contributed by atoms with E-state index < -0.39 is 0 Å². The molecule has 17 heavy (non-hydrogen) atoms. The van der Waals surface area contributed by atoms with Gasteiger partial charge in [-0.3, -0.25) is 0 Å². The van der Waals surface area contributed by atoms with Gasteiger partial charge in [-0.05, 0) is 18.6 Å². The second-order valence-electron chi connectivity index (χ2n) is 4.36. The molecule has 1 aliphatic rings. The fourth-order valence-corrected chi connectivity index (χ4v) is 1.80. The molecule has 3 rings (SSSR count). The minimum absolute atomic E-state index is 0.206. The third kappa shape index (κ3) is 1.82. The lowest BCUT2D eigenvalue weighted by Crippen LogP contribution is -2.43. The quantitative estimate of drug-likeness (QED) is 0.854. The monoisotopic (exact) mass is 232 g/mol. The van der Waals surface area contributed by atoms with E-state index in [-0.39, 0.29) is 5.82 Å². The molecule has 1 N–H and O–H groups in total. The SMILES string of the molecule is Cc1ccc(-c2cn(C3CNC3)nn2)cc1F. The molecule has 88 valence electrons. The van der Waals surface area contributed by atoms with Crippen LogP contribution in [0.5, 0.6) is 0 Å². The Morgan fingerprint density at radius 2 is 2.24 bits per heavy atom. The van der Waals surface area contributed by atoms with Crippen molar-refractivity contribution in [3.8, 4) is 11.3 Å². The van der Waals surface area contributed by atoms with Crippen molar-refractivity contribution in [2.45, 2.75) is 13.0 Å². The molecule has 1 aromatic heterocycles. The third-order valence-corrected chi connectivity index (χ3v) is 3.11. The van der Waals surface area contributed by atoms with Gasteiger partial charge < -0.3 is 5.32 Å². The van der Waals surface area contributed by atoms with Gasteiger partial charge in [0.05, 0.1) is 12.2 Å². The van der Waals surface area contributed by atoms with Crippen LogP contribution in [0.15, 0.2) is 24.4 Å². The molecule has 0 atom stereocenters. The van der Waals surface area contributed by atoms with Crippen LogP contribution in [0.3, 0.4) is 0 Å². The predicted octanol–water partition coefficient (Wildman–Crippen LogP) is 1.54. The summed E-state index contributed by atoms with van der Waals surface area (Å²) < 4.78 is 15.3. The largest absolute Gasteiger partial charge is 0.312 e. The first-order valence-corrected chi connectivity index (χ1v) is 5.63. The van der Waals surface area contributed by atoms with E-state index in [9.17, 15) is 4.39 Å². The van der Waals surface area contributed by atoms with Gasteiger partial charge in [0.2, 0.25) is 0 Å². The van der Waals surface area contributed by atoms with Gasteiger partial charge in [-0.2, -0.15) is 0 Å². The van der Waals surface area contributed by atoms with Crippen molar-refractivity contribution < 1.29 is 4.39 Å². The molecule has 0 saturated carbocycles. The van der Waals surface area contributed by atoms with E-state index in [1.807, 2.05) is 16.9 Å². The number of aromatic nitrogens is 3. The number of halogens is 1. The van der Waals surface area contributed by atoms with Gasteiger partial charge in [0, 0.05) is 18.7 Å². The summed E-state index contributed by atoms with van der Waals surface area (Å²) in [6.45, 7) is 3.59. The summed E-state index contributed by atoms with van der Waals surface area (Å²) in [4.78, 5) is 0. The molecule has 4 nitrogen and oxygen atoms in total. The molecule has 1 fully saturated rings. The number of aryl methyl sites for hydroxylation is 1. The van der Waals surface area contributed by atoms with E-state index in [0.717, 1.165) is 24.3 Å².